The van der Waals surface area contributed by atoms with Crippen molar-refractivity contribution in [2.24, 2.45) is 17.3 Å². The van der Waals surface area contributed by atoms with E-state index in [0.717, 1.165) is 5.56 Å². The van der Waals surface area contributed by atoms with Crippen LogP contribution in [0, 0.1) is 17.3 Å². The maximum Gasteiger partial charge on any atom is 0.307 e. The van der Waals surface area contributed by atoms with Gasteiger partial charge in [0.05, 0.1) is 11.8 Å². The lowest BCUT2D eigenvalue weighted by atomic mass is 10.1. The van der Waals surface area contributed by atoms with Crippen molar-refractivity contribution < 1.29 is 14.7 Å². The number of halogens is 2. The average molecular weight is 330 g/mol. The van der Waals surface area contributed by atoms with E-state index < -0.39 is 23.2 Å². The highest BCUT2D eigenvalue weighted by atomic mass is 35.5. The van der Waals surface area contributed by atoms with E-state index in [-0.39, 0.29) is 5.91 Å². The van der Waals surface area contributed by atoms with Crippen LogP contribution < -0.4 is 0 Å². The van der Waals surface area contributed by atoms with Crippen molar-refractivity contribution in [1.29, 1.82) is 0 Å². The molecule has 21 heavy (non-hydrogen) atoms. The lowest BCUT2D eigenvalue weighted by molar-refractivity contribution is -0.141. The van der Waals surface area contributed by atoms with Gasteiger partial charge in [0.2, 0.25) is 5.91 Å². The number of nitrogens with zero attached hydrogens (tertiary/aromatic N) is 1. The first-order valence-corrected chi connectivity index (χ1v) is 7.33. The SMILES string of the molecule is CN(Cc1cc(Cl)cc(Cl)c1)C(=O)[C@H]1[C@@H](C(=O)O)C1(C)C. The molecule has 0 aromatic heterocycles. The minimum atomic E-state index is -0.919. The van der Waals surface area contributed by atoms with Crippen molar-refractivity contribution >= 4 is 35.1 Å². The smallest absolute Gasteiger partial charge is 0.307 e. The summed E-state index contributed by atoms with van der Waals surface area (Å²) in [7, 11) is 1.66. The molecule has 1 aliphatic rings. The highest BCUT2D eigenvalue weighted by Gasteiger charge is 2.66. The zero-order valence-corrected chi connectivity index (χ0v) is 13.6. The molecule has 0 aliphatic heterocycles. The highest BCUT2D eigenvalue weighted by Crippen LogP contribution is 2.59. The Balaban J connectivity index is 2.09. The van der Waals surface area contributed by atoms with Crippen LogP contribution in [0.5, 0.6) is 0 Å². The van der Waals surface area contributed by atoms with Gasteiger partial charge in [0, 0.05) is 23.6 Å². The standard InChI is InChI=1S/C15H17Cl2NO3/c1-15(2)11(12(15)14(20)21)13(19)18(3)7-8-4-9(16)6-10(17)5-8/h4-6,11-12H,7H2,1-3H3,(H,20,21)/t11-,12+/m1/s1. The van der Waals surface area contributed by atoms with Crippen LogP contribution in [0.3, 0.4) is 0 Å². The average Bonchev–Trinajstić information content (AvgIpc) is 2.89. The molecule has 1 amide bonds. The van der Waals surface area contributed by atoms with Crippen molar-refractivity contribution in [2.45, 2.75) is 20.4 Å². The first-order valence-electron chi connectivity index (χ1n) is 6.57. The molecule has 4 nitrogen and oxygen atoms in total. The Kier molecular flexibility index (Phi) is 4.22. The second-order valence-electron chi connectivity index (χ2n) is 6.09. The Morgan fingerprint density at radius 1 is 1.19 bits per heavy atom. The quantitative estimate of drug-likeness (QED) is 0.921. The summed E-state index contributed by atoms with van der Waals surface area (Å²) in [6, 6.07) is 5.10. The Labute approximate surface area is 133 Å². The third-order valence-electron chi connectivity index (χ3n) is 4.08. The van der Waals surface area contributed by atoms with E-state index in [0.29, 0.717) is 16.6 Å². The minimum Gasteiger partial charge on any atom is -0.481 e. The number of amides is 1. The summed E-state index contributed by atoms with van der Waals surface area (Å²) in [4.78, 5) is 25.1. The predicted molar refractivity (Wildman–Crippen MR) is 81.3 cm³/mol. The minimum absolute atomic E-state index is 0.163. The monoisotopic (exact) mass is 329 g/mol. The second-order valence-corrected chi connectivity index (χ2v) is 6.96. The number of benzene rings is 1. The van der Waals surface area contributed by atoms with Gasteiger partial charge in [0.25, 0.3) is 0 Å². The van der Waals surface area contributed by atoms with Gasteiger partial charge in [0.1, 0.15) is 0 Å². The number of rotatable bonds is 4. The molecule has 0 saturated heterocycles. The Morgan fingerprint density at radius 2 is 1.71 bits per heavy atom. The van der Waals surface area contributed by atoms with E-state index in [1.54, 1.807) is 39.1 Å². The molecular weight excluding hydrogens is 313 g/mol. The zero-order valence-electron chi connectivity index (χ0n) is 12.1. The normalized spacial score (nSPS) is 22.7. The molecule has 0 heterocycles. The third-order valence-corrected chi connectivity index (χ3v) is 4.51. The molecule has 1 aromatic carbocycles. The first-order chi connectivity index (χ1) is 9.64. The fourth-order valence-electron chi connectivity index (χ4n) is 2.85. The van der Waals surface area contributed by atoms with E-state index in [2.05, 4.69) is 0 Å². The van der Waals surface area contributed by atoms with Crippen LogP contribution >= 0.6 is 23.2 Å². The lowest BCUT2D eigenvalue weighted by Gasteiger charge is -2.18. The lowest BCUT2D eigenvalue weighted by Crippen LogP contribution is -2.29. The van der Waals surface area contributed by atoms with Crippen LogP contribution in [0.25, 0.3) is 0 Å². The highest BCUT2D eigenvalue weighted by molar-refractivity contribution is 6.34. The van der Waals surface area contributed by atoms with Gasteiger partial charge in [-0.2, -0.15) is 0 Å². The van der Waals surface area contributed by atoms with E-state index in [4.69, 9.17) is 28.3 Å². The molecule has 1 fully saturated rings. The fourth-order valence-corrected chi connectivity index (χ4v) is 3.42. The summed E-state index contributed by atoms with van der Waals surface area (Å²) < 4.78 is 0. The van der Waals surface area contributed by atoms with Gasteiger partial charge >= 0.3 is 5.97 Å². The number of carboxylic acids is 1. The van der Waals surface area contributed by atoms with Crippen LogP contribution in [-0.4, -0.2) is 28.9 Å². The summed E-state index contributed by atoms with van der Waals surface area (Å²) in [5.41, 5.74) is 0.317. The van der Waals surface area contributed by atoms with Gasteiger partial charge in [-0.15, -0.1) is 0 Å². The third kappa shape index (κ3) is 3.16. The Hall–Kier alpha value is -1.26. The van der Waals surface area contributed by atoms with Crippen molar-refractivity contribution in [1.82, 2.24) is 4.90 Å². The van der Waals surface area contributed by atoms with Gasteiger partial charge in [-0.1, -0.05) is 37.0 Å². The van der Waals surface area contributed by atoms with E-state index in [1.807, 2.05) is 0 Å². The molecule has 1 aliphatic carbocycles. The molecule has 0 spiro atoms. The fraction of sp³-hybridized carbons (Fsp3) is 0.467. The van der Waals surface area contributed by atoms with Crippen molar-refractivity contribution in [2.75, 3.05) is 7.05 Å². The summed E-state index contributed by atoms with van der Waals surface area (Å²) in [6.45, 7) is 3.95. The maximum absolute atomic E-state index is 12.4. The van der Waals surface area contributed by atoms with Gasteiger partial charge in [-0.05, 0) is 29.2 Å². The first kappa shape index (κ1) is 16.1. The van der Waals surface area contributed by atoms with E-state index in [9.17, 15) is 9.59 Å². The van der Waals surface area contributed by atoms with Gasteiger partial charge in [-0.3, -0.25) is 9.59 Å². The van der Waals surface area contributed by atoms with Crippen LogP contribution in [0.1, 0.15) is 19.4 Å². The van der Waals surface area contributed by atoms with Crippen LogP contribution in [0.15, 0.2) is 18.2 Å². The largest absolute Gasteiger partial charge is 0.481 e. The number of carboxylic acid groups (broad SMARTS) is 1. The van der Waals surface area contributed by atoms with Crippen molar-refractivity contribution in [3.05, 3.63) is 33.8 Å². The second kappa shape index (κ2) is 5.50. The Bertz CT molecular complexity index is 580. The van der Waals surface area contributed by atoms with Gasteiger partial charge in [0.15, 0.2) is 0 Å². The molecule has 114 valence electrons. The molecular formula is C15H17Cl2NO3. The predicted octanol–water partition coefficient (Wildman–Crippen LogP) is 3.31. The number of hydrogen-bond acceptors (Lipinski definition) is 2. The van der Waals surface area contributed by atoms with Crippen molar-refractivity contribution in [3.8, 4) is 0 Å². The number of carbonyl (C=O) groups is 2. The summed E-state index contributed by atoms with van der Waals surface area (Å²) in [5.74, 6) is -2.17. The number of carbonyl (C=O) groups excluding carboxylic acids is 1. The summed E-state index contributed by atoms with van der Waals surface area (Å²) >= 11 is 11.9. The molecule has 1 N–H and O–H groups in total. The summed E-state index contributed by atoms with van der Waals surface area (Å²) in [6.07, 6.45) is 0. The van der Waals surface area contributed by atoms with E-state index in [1.165, 1.54) is 4.90 Å². The van der Waals surface area contributed by atoms with Gasteiger partial charge < -0.3 is 10.0 Å². The molecule has 0 unspecified atom stereocenters. The summed E-state index contributed by atoms with van der Waals surface area (Å²) in [5, 5.41) is 10.2. The van der Waals surface area contributed by atoms with E-state index >= 15 is 0 Å². The molecule has 0 bridgehead atoms. The molecule has 2 atom stereocenters. The molecule has 1 aromatic rings. The molecule has 2 rings (SSSR count). The Morgan fingerprint density at radius 3 is 2.14 bits per heavy atom. The molecule has 1 saturated carbocycles. The maximum atomic E-state index is 12.4. The van der Waals surface area contributed by atoms with Crippen LogP contribution in [-0.2, 0) is 16.1 Å². The van der Waals surface area contributed by atoms with Crippen molar-refractivity contribution in [3.63, 3.8) is 0 Å². The van der Waals surface area contributed by atoms with Crippen LogP contribution in [0.4, 0.5) is 0 Å². The topological polar surface area (TPSA) is 57.6 Å². The zero-order chi connectivity index (χ0) is 15.9. The van der Waals surface area contributed by atoms with Crippen LogP contribution in [0.2, 0.25) is 10.0 Å². The number of hydrogen-bond donors (Lipinski definition) is 1. The number of aliphatic carboxylic acids is 1. The molecule has 0 radical (unpaired) electrons. The molecule has 6 heteroatoms. The van der Waals surface area contributed by atoms with Gasteiger partial charge in [-0.25, -0.2) is 0 Å².